The van der Waals surface area contributed by atoms with Gasteiger partial charge in [0.15, 0.2) is 0 Å². The summed E-state index contributed by atoms with van der Waals surface area (Å²) in [4.78, 5) is 0. The first-order valence-electron chi connectivity index (χ1n) is 7.23. The lowest BCUT2D eigenvalue weighted by molar-refractivity contribution is 0.0829. The normalized spacial score (nSPS) is 22.2. The van der Waals surface area contributed by atoms with Gasteiger partial charge in [0, 0.05) is 13.0 Å². The number of rotatable bonds is 7. The summed E-state index contributed by atoms with van der Waals surface area (Å²) in [5, 5.41) is 9.97. The fourth-order valence-electron chi connectivity index (χ4n) is 2.37. The second-order valence-corrected chi connectivity index (χ2v) is 5.11. The number of allylic oxidation sites excluding steroid dienone is 2. The summed E-state index contributed by atoms with van der Waals surface area (Å²) in [7, 11) is 1.70. The fraction of sp³-hybridized carbons (Fsp3) is 0.412. The van der Waals surface area contributed by atoms with Gasteiger partial charge in [-0.3, -0.25) is 0 Å². The molecular weight excluding hydrogens is 266 g/mol. The van der Waals surface area contributed by atoms with Gasteiger partial charge in [-0.05, 0) is 30.7 Å². The predicted molar refractivity (Wildman–Crippen MR) is 83.1 cm³/mol. The third-order valence-electron chi connectivity index (χ3n) is 3.59. The summed E-state index contributed by atoms with van der Waals surface area (Å²) >= 11 is 0. The van der Waals surface area contributed by atoms with E-state index in [9.17, 15) is 5.11 Å². The molecule has 0 spiro atoms. The number of methoxy groups -OCH3 is 1. The second kappa shape index (κ2) is 7.98. The molecule has 1 aliphatic rings. The average Bonchev–Trinajstić information content (AvgIpc) is 2.53. The van der Waals surface area contributed by atoms with E-state index >= 15 is 0 Å². The van der Waals surface area contributed by atoms with Crippen LogP contribution in [0.25, 0.3) is 0 Å². The quantitative estimate of drug-likeness (QED) is 0.807. The van der Waals surface area contributed by atoms with Crippen molar-refractivity contribution in [2.24, 2.45) is 11.7 Å². The molecule has 0 fully saturated rings. The van der Waals surface area contributed by atoms with Gasteiger partial charge in [0.2, 0.25) is 0 Å². The molecule has 1 aromatic rings. The largest absolute Gasteiger partial charge is 0.493 e. The Kier molecular flexibility index (Phi) is 5.99. The molecule has 0 heterocycles. The van der Waals surface area contributed by atoms with Gasteiger partial charge in [0.25, 0.3) is 0 Å². The van der Waals surface area contributed by atoms with E-state index in [1.807, 2.05) is 42.5 Å². The Labute approximate surface area is 125 Å². The van der Waals surface area contributed by atoms with Crippen LogP contribution in [0.15, 0.2) is 48.6 Å². The minimum Gasteiger partial charge on any atom is -0.493 e. The van der Waals surface area contributed by atoms with Crippen molar-refractivity contribution in [3.05, 3.63) is 54.1 Å². The Morgan fingerprint density at radius 1 is 1.29 bits per heavy atom. The molecule has 2 rings (SSSR count). The van der Waals surface area contributed by atoms with E-state index in [1.54, 1.807) is 7.11 Å². The number of hydrogen-bond acceptors (Lipinski definition) is 4. The molecule has 0 saturated carbocycles. The van der Waals surface area contributed by atoms with Crippen LogP contribution in [-0.2, 0) is 4.74 Å². The van der Waals surface area contributed by atoms with Crippen molar-refractivity contribution in [1.82, 2.24) is 0 Å². The van der Waals surface area contributed by atoms with Crippen LogP contribution in [0.5, 0.6) is 5.75 Å². The van der Waals surface area contributed by atoms with Crippen LogP contribution in [0, 0.1) is 5.92 Å². The molecule has 0 aliphatic heterocycles. The maximum absolute atomic E-state index is 9.97. The van der Waals surface area contributed by atoms with Gasteiger partial charge in [-0.2, -0.15) is 0 Å². The van der Waals surface area contributed by atoms with Gasteiger partial charge in [-0.1, -0.05) is 36.4 Å². The van der Waals surface area contributed by atoms with Gasteiger partial charge in [-0.15, -0.1) is 0 Å². The highest BCUT2D eigenvalue weighted by Gasteiger charge is 2.19. The van der Waals surface area contributed by atoms with Crippen LogP contribution < -0.4 is 10.5 Å². The van der Waals surface area contributed by atoms with Gasteiger partial charge >= 0.3 is 0 Å². The molecule has 0 amide bonds. The lowest BCUT2D eigenvalue weighted by Crippen LogP contribution is -2.26. The molecule has 114 valence electrons. The molecule has 3 atom stereocenters. The fourth-order valence-corrected chi connectivity index (χ4v) is 2.37. The van der Waals surface area contributed by atoms with Gasteiger partial charge in [-0.25, -0.2) is 0 Å². The Balaban J connectivity index is 1.95. The monoisotopic (exact) mass is 289 g/mol. The first-order valence-corrected chi connectivity index (χ1v) is 7.23. The molecule has 1 aromatic carbocycles. The molecule has 3 N–H and O–H groups in total. The van der Waals surface area contributed by atoms with Crippen LogP contribution in [0.4, 0.5) is 0 Å². The van der Waals surface area contributed by atoms with Crippen molar-refractivity contribution in [3.63, 3.8) is 0 Å². The topological polar surface area (TPSA) is 64.7 Å². The minimum absolute atomic E-state index is 0.0426. The molecule has 0 aromatic heterocycles. The van der Waals surface area contributed by atoms with Crippen molar-refractivity contribution < 1.29 is 14.6 Å². The molecule has 0 radical (unpaired) electrons. The van der Waals surface area contributed by atoms with Crippen LogP contribution in [-0.4, -0.2) is 31.5 Å². The maximum atomic E-state index is 9.97. The number of nitrogens with two attached hydrogens (primary N) is 1. The number of aliphatic hydroxyl groups excluding tert-OH is 1. The lowest BCUT2D eigenvalue weighted by Gasteiger charge is -2.23. The summed E-state index contributed by atoms with van der Waals surface area (Å²) in [5.74, 6) is 0.944. The summed E-state index contributed by atoms with van der Waals surface area (Å²) in [6.07, 6.45) is 8.14. The third-order valence-corrected chi connectivity index (χ3v) is 3.59. The van der Waals surface area contributed by atoms with Crippen molar-refractivity contribution >= 4 is 0 Å². The summed E-state index contributed by atoms with van der Waals surface area (Å²) in [5.41, 5.74) is 6.31. The van der Waals surface area contributed by atoms with Crippen LogP contribution >= 0.6 is 0 Å². The molecular formula is C17H23NO3. The van der Waals surface area contributed by atoms with E-state index in [-0.39, 0.29) is 12.0 Å². The summed E-state index contributed by atoms with van der Waals surface area (Å²) < 4.78 is 11.3. The standard InChI is InChI=1S/C17H23NO3/c1-20-17-8-3-2-5-14(17)12-21-15-7-4-6-13(11-15)16(19)9-10-18/h2-8,11,14,16-17,19H,9-10,12,18H2,1H3. The first-order chi connectivity index (χ1) is 10.2. The minimum atomic E-state index is -0.539. The number of hydrogen-bond donors (Lipinski definition) is 2. The highest BCUT2D eigenvalue weighted by atomic mass is 16.5. The molecule has 0 saturated heterocycles. The number of benzene rings is 1. The average molecular weight is 289 g/mol. The van der Waals surface area contributed by atoms with E-state index in [0.29, 0.717) is 19.6 Å². The van der Waals surface area contributed by atoms with E-state index in [2.05, 4.69) is 6.08 Å². The second-order valence-electron chi connectivity index (χ2n) is 5.11. The van der Waals surface area contributed by atoms with Crippen molar-refractivity contribution in [2.45, 2.75) is 18.6 Å². The smallest absolute Gasteiger partial charge is 0.119 e. The Hall–Kier alpha value is -1.62. The summed E-state index contributed by atoms with van der Waals surface area (Å²) in [6, 6.07) is 7.52. The Bertz CT molecular complexity index is 499. The van der Waals surface area contributed by atoms with Crippen LogP contribution in [0.2, 0.25) is 0 Å². The zero-order valence-corrected chi connectivity index (χ0v) is 12.3. The van der Waals surface area contributed by atoms with E-state index in [0.717, 1.165) is 11.3 Å². The van der Waals surface area contributed by atoms with Crippen LogP contribution in [0.1, 0.15) is 18.1 Å². The van der Waals surface area contributed by atoms with Gasteiger partial charge in [0.05, 0.1) is 18.8 Å². The zero-order chi connectivity index (χ0) is 15.1. The highest BCUT2D eigenvalue weighted by molar-refractivity contribution is 5.30. The van der Waals surface area contributed by atoms with Gasteiger partial charge < -0.3 is 20.3 Å². The molecule has 1 aliphatic carbocycles. The summed E-state index contributed by atoms with van der Waals surface area (Å²) in [6.45, 7) is 0.997. The first kappa shape index (κ1) is 15.8. The SMILES string of the molecule is COC1C=CC=CC1COc1cccc(C(O)CCN)c1. The van der Waals surface area contributed by atoms with Gasteiger partial charge in [0.1, 0.15) is 5.75 Å². The molecule has 4 heteroatoms. The predicted octanol–water partition coefficient (Wildman–Crippen LogP) is 2.20. The molecule has 3 unspecified atom stereocenters. The number of aliphatic hydroxyl groups is 1. The van der Waals surface area contributed by atoms with Crippen molar-refractivity contribution in [3.8, 4) is 5.75 Å². The zero-order valence-electron chi connectivity index (χ0n) is 12.3. The molecule has 4 nitrogen and oxygen atoms in total. The number of ether oxygens (including phenoxy) is 2. The maximum Gasteiger partial charge on any atom is 0.119 e. The Morgan fingerprint density at radius 2 is 2.10 bits per heavy atom. The lowest BCUT2D eigenvalue weighted by atomic mass is 9.98. The van der Waals surface area contributed by atoms with E-state index < -0.39 is 6.10 Å². The van der Waals surface area contributed by atoms with Crippen LogP contribution in [0.3, 0.4) is 0 Å². The highest BCUT2D eigenvalue weighted by Crippen LogP contribution is 2.23. The van der Waals surface area contributed by atoms with Crippen molar-refractivity contribution in [2.75, 3.05) is 20.3 Å². The Morgan fingerprint density at radius 3 is 2.86 bits per heavy atom. The molecule has 0 bridgehead atoms. The van der Waals surface area contributed by atoms with E-state index in [1.165, 1.54) is 0 Å². The van der Waals surface area contributed by atoms with E-state index in [4.69, 9.17) is 15.2 Å². The third kappa shape index (κ3) is 4.43. The van der Waals surface area contributed by atoms with Crippen molar-refractivity contribution in [1.29, 1.82) is 0 Å². The molecule has 21 heavy (non-hydrogen) atoms.